The molecule has 1 aliphatic rings. The molecule has 1 rings (SSSR count). The van der Waals surface area contributed by atoms with Crippen molar-refractivity contribution in [2.24, 2.45) is 17.8 Å². The molecule has 2 unspecified atom stereocenters. The van der Waals surface area contributed by atoms with Gasteiger partial charge in [0.25, 0.3) is 0 Å². The predicted octanol–water partition coefficient (Wildman–Crippen LogP) is 2.31. The van der Waals surface area contributed by atoms with E-state index in [1.54, 1.807) is 12.2 Å². The predicted molar refractivity (Wildman–Crippen MR) is 142 cm³/mol. The van der Waals surface area contributed by atoms with Crippen molar-refractivity contribution in [2.75, 3.05) is 19.6 Å². The molecule has 10 heteroatoms. The van der Waals surface area contributed by atoms with E-state index in [-0.39, 0.29) is 24.3 Å². The van der Waals surface area contributed by atoms with Gasteiger partial charge in [-0.3, -0.25) is 9.59 Å². The fraction of sp³-hybridized carbons (Fsp3) is 0.615. The normalized spacial score (nSPS) is 18.4. The summed E-state index contributed by atoms with van der Waals surface area (Å²) in [5.74, 6) is 0.412. The minimum Gasteiger partial charge on any atom is -0.354 e. The lowest BCUT2D eigenvalue weighted by molar-refractivity contribution is -0.123. The summed E-state index contributed by atoms with van der Waals surface area (Å²) in [4.78, 5) is 49.1. The Bertz CT molecular complexity index is 832. The van der Waals surface area contributed by atoms with Gasteiger partial charge in [0.1, 0.15) is 6.04 Å². The number of hydrogen-bond donors (Lipinski definition) is 6. The van der Waals surface area contributed by atoms with E-state index >= 15 is 0 Å². The van der Waals surface area contributed by atoms with Crippen molar-refractivity contribution in [3.63, 3.8) is 0 Å². The maximum absolute atomic E-state index is 12.6. The Labute approximate surface area is 215 Å². The molecule has 0 radical (unpaired) electrons. The number of carbonyl (C=O) groups excluding carboxylic acids is 4. The third-order valence-electron chi connectivity index (χ3n) is 4.99. The Morgan fingerprint density at radius 3 is 2.17 bits per heavy atom. The van der Waals surface area contributed by atoms with Crippen molar-refractivity contribution in [2.45, 2.75) is 66.5 Å². The largest absolute Gasteiger partial charge is 0.354 e. The van der Waals surface area contributed by atoms with E-state index in [4.69, 9.17) is 0 Å². The van der Waals surface area contributed by atoms with Crippen LogP contribution in [0.25, 0.3) is 0 Å². The molecule has 10 nitrogen and oxygen atoms in total. The molecule has 0 fully saturated rings. The zero-order valence-corrected chi connectivity index (χ0v) is 22.4. The number of carbonyl (C=O) groups is 4. The number of allylic oxidation sites excluding steroid dienone is 3. The molecule has 6 amide bonds. The molecule has 0 bridgehead atoms. The summed E-state index contributed by atoms with van der Waals surface area (Å²) < 4.78 is 0. The van der Waals surface area contributed by atoms with Crippen molar-refractivity contribution in [1.29, 1.82) is 0 Å². The first kappa shape index (κ1) is 30.7. The van der Waals surface area contributed by atoms with Crippen LogP contribution in [-0.4, -0.2) is 55.6 Å². The minimum absolute atomic E-state index is 0.123. The molecular weight excluding hydrogens is 460 g/mol. The molecule has 36 heavy (non-hydrogen) atoms. The van der Waals surface area contributed by atoms with Crippen LogP contribution in [0.5, 0.6) is 0 Å². The van der Waals surface area contributed by atoms with Crippen molar-refractivity contribution < 1.29 is 19.2 Å². The number of urea groups is 2. The Hall–Kier alpha value is -3.30. The summed E-state index contributed by atoms with van der Waals surface area (Å²) >= 11 is 0. The van der Waals surface area contributed by atoms with Gasteiger partial charge >= 0.3 is 12.1 Å². The van der Waals surface area contributed by atoms with E-state index in [2.05, 4.69) is 31.9 Å². The average molecular weight is 505 g/mol. The van der Waals surface area contributed by atoms with Crippen LogP contribution in [0.15, 0.2) is 36.1 Å². The van der Waals surface area contributed by atoms with E-state index < -0.39 is 24.1 Å². The number of amides is 6. The highest BCUT2D eigenvalue weighted by atomic mass is 16.2. The van der Waals surface area contributed by atoms with Crippen LogP contribution >= 0.6 is 0 Å². The topological polar surface area (TPSA) is 140 Å². The quantitative estimate of drug-likeness (QED) is 0.227. The zero-order chi connectivity index (χ0) is 27.1. The number of rotatable bonds is 12. The zero-order valence-electron chi connectivity index (χ0n) is 22.4. The van der Waals surface area contributed by atoms with E-state index in [0.29, 0.717) is 43.5 Å². The van der Waals surface area contributed by atoms with Crippen LogP contribution in [0.2, 0.25) is 0 Å². The van der Waals surface area contributed by atoms with Crippen molar-refractivity contribution in [1.82, 2.24) is 31.9 Å². The summed E-state index contributed by atoms with van der Waals surface area (Å²) in [6.07, 6.45) is 10.0. The second-order valence-corrected chi connectivity index (χ2v) is 10.2. The maximum atomic E-state index is 12.6. The Morgan fingerprint density at radius 2 is 1.53 bits per heavy atom. The van der Waals surface area contributed by atoms with Crippen LogP contribution in [-0.2, 0) is 9.59 Å². The highest BCUT2D eigenvalue weighted by molar-refractivity contribution is 5.87. The van der Waals surface area contributed by atoms with Gasteiger partial charge in [-0.25, -0.2) is 9.59 Å². The first-order chi connectivity index (χ1) is 17.0. The molecule has 6 N–H and O–H groups in total. The van der Waals surface area contributed by atoms with Crippen molar-refractivity contribution in [3.8, 4) is 0 Å². The third-order valence-corrected chi connectivity index (χ3v) is 4.99. The monoisotopic (exact) mass is 504 g/mol. The van der Waals surface area contributed by atoms with Crippen LogP contribution in [0.1, 0.15) is 54.4 Å². The molecule has 0 aliphatic heterocycles. The van der Waals surface area contributed by atoms with Gasteiger partial charge < -0.3 is 31.9 Å². The van der Waals surface area contributed by atoms with E-state index in [0.717, 1.165) is 0 Å². The molecule has 0 saturated carbocycles. The maximum Gasteiger partial charge on any atom is 0.319 e. The van der Waals surface area contributed by atoms with Crippen molar-refractivity contribution >= 4 is 23.9 Å². The van der Waals surface area contributed by atoms with Gasteiger partial charge in [0.05, 0.1) is 12.6 Å². The smallest absolute Gasteiger partial charge is 0.319 e. The second kappa shape index (κ2) is 16.4. The molecule has 0 saturated heterocycles. The molecule has 0 aromatic heterocycles. The SMILES string of the molecule is CC(C)CNC(=O)CNC(=O)N/C1=C/C/C=C\C(NC(=O)NC(CC(C)C)C(=O)NCC(C)C)C=C1. The molecule has 2 atom stereocenters. The van der Waals surface area contributed by atoms with Crippen LogP contribution in [0.3, 0.4) is 0 Å². The summed E-state index contributed by atoms with van der Waals surface area (Å²) in [6, 6.07) is -2.02. The summed E-state index contributed by atoms with van der Waals surface area (Å²) in [6.45, 7) is 13.0. The van der Waals surface area contributed by atoms with E-state index in [1.165, 1.54) is 0 Å². The van der Waals surface area contributed by atoms with Crippen molar-refractivity contribution in [3.05, 3.63) is 36.1 Å². The lowest BCUT2D eigenvalue weighted by Crippen LogP contribution is -2.52. The fourth-order valence-corrected chi connectivity index (χ4v) is 3.15. The Balaban J connectivity index is 2.62. The number of nitrogens with one attached hydrogen (secondary N) is 6. The highest BCUT2D eigenvalue weighted by Crippen LogP contribution is 2.07. The fourth-order valence-electron chi connectivity index (χ4n) is 3.15. The van der Waals surface area contributed by atoms with Crippen LogP contribution in [0.4, 0.5) is 9.59 Å². The van der Waals surface area contributed by atoms with Gasteiger partial charge in [-0.05, 0) is 36.7 Å². The Kier molecular flexibility index (Phi) is 14.0. The summed E-state index contributed by atoms with van der Waals surface area (Å²) in [5.41, 5.74) is 0.539. The summed E-state index contributed by atoms with van der Waals surface area (Å²) in [7, 11) is 0. The first-order valence-electron chi connectivity index (χ1n) is 12.7. The Morgan fingerprint density at radius 1 is 0.861 bits per heavy atom. The standard InChI is InChI=1S/C26H44N6O4/c1-17(2)13-22(24(34)28-15-19(5)6)32-26(36)31-21-10-8-7-9-20(11-12-21)30-25(35)29-16-23(33)27-14-18(3)4/h8-12,17-19,21-22H,7,13-16H2,1-6H3,(H,27,33)(H,28,34)(H2,29,30,35)(H2,31,32,36)/b10-8-,12-11?,20-9+. The molecule has 0 aromatic carbocycles. The van der Waals surface area contributed by atoms with E-state index in [9.17, 15) is 19.2 Å². The molecule has 1 aliphatic carbocycles. The molecule has 0 spiro atoms. The average Bonchev–Trinajstić information content (AvgIpc) is 2.77. The molecule has 0 heterocycles. The van der Waals surface area contributed by atoms with Gasteiger partial charge in [-0.2, -0.15) is 0 Å². The van der Waals surface area contributed by atoms with E-state index in [1.807, 2.05) is 59.8 Å². The third kappa shape index (κ3) is 14.2. The molecular formula is C26H44N6O4. The highest BCUT2D eigenvalue weighted by Gasteiger charge is 2.22. The number of hydrogen-bond acceptors (Lipinski definition) is 4. The second-order valence-electron chi connectivity index (χ2n) is 10.2. The summed E-state index contributed by atoms with van der Waals surface area (Å²) in [5, 5.41) is 16.5. The van der Waals surface area contributed by atoms with Crippen LogP contribution < -0.4 is 31.9 Å². The lowest BCUT2D eigenvalue weighted by Gasteiger charge is -2.22. The lowest BCUT2D eigenvalue weighted by atomic mass is 10.0. The van der Waals surface area contributed by atoms with Gasteiger partial charge in [0.2, 0.25) is 11.8 Å². The molecule has 202 valence electrons. The van der Waals surface area contributed by atoms with Gasteiger partial charge in [0, 0.05) is 18.8 Å². The first-order valence-corrected chi connectivity index (χ1v) is 12.7. The van der Waals surface area contributed by atoms with Crippen LogP contribution in [0, 0.1) is 17.8 Å². The van der Waals surface area contributed by atoms with Gasteiger partial charge in [-0.1, -0.05) is 65.8 Å². The minimum atomic E-state index is -0.635. The molecule has 0 aromatic rings. The van der Waals surface area contributed by atoms with Gasteiger partial charge in [0.15, 0.2) is 0 Å². The van der Waals surface area contributed by atoms with Gasteiger partial charge in [-0.15, -0.1) is 0 Å².